The summed E-state index contributed by atoms with van der Waals surface area (Å²) < 4.78 is 5.33. The van der Waals surface area contributed by atoms with E-state index in [4.69, 9.17) is 4.74 Å². The van der Waals surface area contributed by atoms with E-state index < -0.39 is 0 Å². The smallest absolute Gasteiger partial charge is 0.150 e. The zero-order chi connectivity index (χ0) is 18.6. The van der Waals surface area contributed by atoms with Crippen molar-refractivity contribution in [3.8, 4) is 5.75 Å². The van der Waals surface area contributed by atoms with Crippen LogP contribution in [-0.2, 0) is 11.2 Å². The number of carbonyl (C=O) groups is 1. The number of methoxy groups -OCH3 is 1. The third kappa shape index (κ3) is 3.99. The molecule has 1 atom stereocenters. The number of hydrogen-bond acceptors (Lipinski definition) is 4. The summed E-state index contributed by atoms with van der Waals surface area (Å²) in [6, 6.07) is 10.2. The molecule has 4 rings (SSSR count). The van der Waals surface area contributed by atoms with Crippen molar-refractivity contribution in [1.29, 1.82) is 0 Å². The van der Waals surface area contributed by atoms with Gasteiger partial charge in [-0.3, -0.25) is 4.79 Å². The molecule has 0 amide bonds. The molecule has 0 radical (unpaired) electrons. The zero-order valence-corrected chi connectivity index (χ0v) is 16.3. The number of nitrogens with one attached hydrogen (secondary N) is 2. The second-order valence-electron chi connectivity index (χ2n) is 6.92. The number of Topliss-reactive ketones (excluding diaryl/α,β-unsaturated/α-hetero) is 1. The summed E-state index contributed by atoms with van der Waals surface area (Å²) in [4.78, 5) is 17.3. The Bertz CT molecular complexity index is 956. The first kappa shape index (κ1) is 18.0. The van der Waals surface area contributed by atoms with Crippen molar-refractivity contribution < 1.29 is 9.53 Å². The lowest BCUT2D eigenvalue weighted by atomic mass is 9.94. The molecular formula is C22H24N2O2S. The van der Waals surface area contributed by atoms with Gasteiger partial charge >= 0.3 is 0 Å². The number of thiophene rings is 1. The van der Waals surface area contributed by atoms with E-state index in [1.807, 2.05) is 18.3 Å². The van der Waals surface area contributed by atoms with Gasteiger partial charge in [0.15, 0.2) is 0 Å². The molecule has 27 heavy (non-hydrogen) atoms. The molecule has 0 saturated carbocycles. The second kappa shape index (κ2) is 8.11. The standard InChI is InChI=1S/C22H24N2O2S/c1-26-17-7-8-19-18(13-17)16(14-24-19)4-2-5-21(25)20-12-15(9-10-23-20)22-6-3-11-27-22/h3,6-9,11,13-14,20,23-24H,2,4-5,10,12H2,1H3. The molecule has 5 heteroatoms. The molecule has 140 valence electrons. The average molecular weight is 381 g/mol. The molecule has 0 fully saturated rings. The van der Waals surface area contributed by atoms with Gasteiger partial charge in [0.2, 0.25) is 0 Å². The van der Waals surface area contributed by atoms with Gasteiger partial charge in [-0.2, -0.15) is 0 Å². The number of aryl methyl sites for hydroxylation is 1. The van der Waals surface area contributed by atoms with Crippen LogP contribution in [0.4, 0.5) is 0 Å². The van der Waals surface area contributed by atoms with Gasteiger partial charge in [-0.25, -0.2) is 0 Å². The topological polar surface area (TPSA) is 54.1 Å². The lowest BCUT2D eigenvalue weighted by Gasteiger charge is -2.22. The van der Waals surface area contributed by atoms with Crippen LogP contribution in [0.1, 0.15) is 29.7 Å². The molecular weight excluding hydrogens is 356 g/mol. The third-order valence-electron chi connectivity index (χ3n) is 5.21. The Morgan fingerprint density at radius 2 is 2.26 bits per heavy atom. The van der Waals surface area contributed by atoms with Crippen molar-refractivity contribution in [2.75, 3.05) is 13.7 Å². The Morgan fingerprint density at radius 3 is 3.07 bits per heavy atom. The minimum Gasteiger partial charge on any atom is -0.497 e. The van der Waals surface area contributed by atoms with Gasteiger partial charge in [-0.05, 0) is 60.0 Å². The molecule has 3 aromatic rings. The first-order chi connectivity index (χ1) is 13.2. The fourth-order valence-corrected chi connectivity index (χ4v) is 4.49. The predicted octanol–water partition coefficient (Wildman–Crippen LogP) is 4.58. The third-order valence-corrected chi connectivity index (χ3v) is 6.15. The Labute approximate surface area is 163 Å². The molecule has 3 heterocycles. The molecule has 1 aliphatic rings. The van der Waals surface area contributed by atoms with E-state index in [1.165, 1.54) is 21.4 Å². The average Bonchev–Trinajstić information content (AvgIpc) is 3.38. The highest BCUT2D eigenvalue weighted by Crippen LogP contribution is 2.28. The summed E-state index contributed by atoms with van der Waals surface area (Å²) in [6.07, 6.45) is 7.40. The number of hydrogen-bond donors (Lipinski definition) is 2. The highest BCUT2D eigenvalue weighted by Gasteiger charge is 2.22. The van der Waals surface area contributed by atoms with E-state index in [2.05, 4.69) is 40.0 Å². The first-order valence-corrected chi connectivity index (χ1v) is 10.3. The molecule has 1 aliphatic heterocycles. The SMILES string of the molecule is COc1ccc2[nH]cc(CCCC(=O)C3CC(c4cccs4)=CCN3)c2c1. The van der Waals surface area contributed by atoms with Gasteiger partial charge in [-0.15, -0.1) is 11.3 Å². The molecule has 0 bridgehead atoms. The maximum Gasteiger partial charge on any atom is 0.150 e. The largest absolute Gasteiger partial charge is 0.497 e. The van der Waals surface area contributed by atoms with Gasteiger partial charge in [0.05, 0.1) is 13.2 Å². The summed E-state index contributed by atoms with van der Waals surface area (Å²) in [5, 5.41) is 6.62. The zero-order valence-electron chi connectivity index (χ0n) is 15.5. The maximum absolute atomic E-state index is 12.7. The van der Waals surface area contributed by atoms with Crippen molar-refractivity contribution >= 4 is 33.6 Å². The predicted molar refractivity (Wildman–Crippen MR) is 111 cm³/mol. The first-order valence-electron chi connectivity index (χ1n) is 9.37. The molecule has 0 aliphatic carbocycles. The minimum absolute atomic E-state index is 0.0600. The number of fused-ring (bicyclic) bond motifs is 1. The quantitative estimate of drug-likeness (QED) is 0.631. The molecule has 0 spiro atoms. The van der Waals surface area contributed by atoms with Crippen molar-refractivity contribution in [3.63, 3.8) is 0 Å². The number of benzene rings is 1. The van der Waals surface area contributed by atoms with Crippen molar-refractivity contribution in [3.05, 3.63) is 58.4 Å². The van der Waals surface area contributed by atoms with Gasteiger partial charge in [0.1, 0.15) is 11.5 Å². The van der Waals surface area contributed by atoms with Crippen LogP contribution in [0.3, 0.4) is 0 Å². The van der Waals surface area contributed by atoms with Crippen LogP contribution in [-0.4, -0.2) is 30.5 Å². The molecule has 1 aromatic carbocycles. The van der Waals surface area contributed by atoms with E-state index in [0.29, 0.717) is 12.2 Å². The van der Waals surface area contributed by atoms with Gasteiger partial charge < -0.3 is 15.0 Å². The van der Waals surface area contributed by atoms with Crippen LogP contribution in [0.2, 0.25) is 0 Å². The van der Waals surface area contributed by atoms with Crippen LogP contribution in [0.25, 0.3) is 16.5 Å². The second-order valence-corrected chi connectivity index (χ2v) is 7.86. The summed E-state index contributed by atoms with van der Waals surface area (Å²) in [7, 11) is 1.68. The number of carbonyl (C=O) groups excluding carboxylic acids is 1. The van der Waals surface area contributed by atoms with Gasteiger partial charge in [0.25, 0.3) is 0 Å². The summed E-state index contributed by atoms with van der Waals surface area (Å²) in [6.45, 7) is 0.770. The summed E-state index contributed by atoms with van der Waals surface area (Å²) in [5.41, 5.74) is 3.65. The number of rotatable bonds is 7. The highest BCUT2D eigenvalue weighted by molar-refractivity contribution is 7.11. The Morgan fingerprint density at radius 1 is 1.33 bits per heavy atom. The molecule has 1 unspecified atom stereocenters. The van der Waals surface area contributed by atoms with E-state index >= 15 is 0 Å². The van der Waals surface area contributed by atoms with Crippen LogP contribution in [0, 0.1) is 0 Å². The number of aromatic nitrogens is 1. The normalized spacial score (nSPS) is 17.1. The Hall–Kier alpha value is -2.37. The van der Waals surface area contributed by atoms with E-state index in [0.717, 1.165) is 37.1 Å². The van der Waals surface area contributed by atoms with Crippen LogP contribution in [0.15, 0.2) is 48.0 Å². The number of ether oxygens (including phenoxy) is 1. The Kier molecular flexibility index (Phi) is 5.41. The highest BCUT2D eigenvalue weighted by atomic mass is 32.1. The summed E-state index contributed by atoms with van der Waals surface area (Å²) in [5.74, 6) is 1.17. The maximum atomic E-state index is 12.7. The number of aromatic amines is 1. The molecule has 0 saturated heterocycles. The van der Waals surface area contributed by atoms with Gasteiger partial charge in [-0.1, -0.05) is 12.1 Å². The van der Waals surface area contributed by atoms with Gasteiger partial charge in [0, 0.05) is 34.9 Å². The summed E-state index contributed by atoms with van der Waals surface area (Å²) >= 11 is 1.74. The fraction of sp³-hybridized carbons (Fsp3) is 0.318. The lowest BCUT2D eigenvalue weighted by molar-refractivity contribution is -0.121. The lowest BCUT2D eigenvalue weighted by Crippen LogP contribution is -2.39. The molecule has 2 N–H and O–H groups in total. The van der Waals surface area contributed by atoms with Crippen molar-refractivity contribution in [2.45, 2.75) is 31.7 Å². The Balaban J connectivity index is 1.34. The van der Waals surface area contributed by atoms with Crippen molar-refractivity contribution in [2.24, 2.45) is 0 Å². The van der Waals surface area contributed by atoms with E-state index in [9.17, 15) is 4.79 Å². The monoisotopic (exact) mass is 380 g/mol. The molecule has 2 aromatic heterocycles. The van der Waals surface area contributed by atoms with Crippen LogP contribution in [0.5, 0.6) is 5.75 Å². The fourth-order valence-electron chi connectivity index (χ4n) is 3.71. The molecule has 4 nitrogen and oxygen atoms in total. The van der Waals surface area contributed by atoms with E-state index in [1.54, 1.807) is 18.4 Å². The number of H-pyrrole nitrogens is 1. The number of ketones is 1. The van der Waals surface area contributed by atoms with Crippen molar-refractivity contribution in [1.82, 2.24) is 10.3 Å². The minimum atomic E-state index is -0.0600. The van der Waals surface area contributed by atoms with Crippen LogP contribution >= 0.6 is 11.3 Å². The van der Waals surface area contributed by atoms with E-state index in [-0.39, 0.29) is 6.04 Å². The van der Waals surface area contributed by atoms with Crippen LogP contribution < -0.4 is 10.1 Å².